The summed E-state index contributed by atoms with van der Waals surface area (Å²) in [5.74, 6) is 1.03. The number of benzene rings is 1. The summed E-state index contributed by atoms with van der Waals surface area (Å²) in [5, 5.41) is 3.65. The zero-order chi connectivity index (χ0) is 12.3. The van der Waals surface area contributed by atoms with Crippen LogP contribution >= 0.6 is 0 Å². The molecular weight excluding hydrogens is 210 g/mol. The van der Waals surface area contributed by atoms with E-state index < -0.39 is 0 Å². The van der Waals surface area contributed by atoms with Crippen LogP contribution < -0.4 is 10.1 Å². The first-order valence-electron chi connectivity index (χ1n) is 6.61. The van der Waals surface area contributed by atoms with Crippen molar-refractivity contribution < 1.29 is 4.74 Å². The van der Waals surface area contributed by atoms with Crippen LogP contribution in [0.25, 0.3) is 0 Å². The summed E-state index contributed by atoms with van der Waals surface area (Å²) in [6.07, 6.45) is 5.26. The number of aryl methyl sites for hydroxylation is 2. The van der Waals surface area contributed by atoms with Crippen molar-refractivity contribution >= 4 is 0 Å². The minimum absolute atomic E-state index is 0.529. The van der Waals surface area contributed by atoms with Crippen molar-refractivity contribution in [1.29, 1.82) is 0 Å². The van der Waals surface area contributed by atoms with Crippen LogP contribution in [0.3, 0.4) is 0 Å². The van der Waals surface area contributed by atoms with E-state index in [0.717, 1.165) is 12.3 Å². The van der Waals surface area contributed by atoms with Gasteiger partial charge in [0.25, 0.3) is 0 Å². The second-order valence-corrected chi connectivity index (χ2v) is 5.04. The Labute approximate surface area is 104 Å². The molecule has 1 aliphatic rings. The molecule has 2 heteroatoms. The van der Waals surface area contributed by atoms with Crippen molar-refractivity contribution in [2.75, 3.05) is 13.7 Å². The maximum Gasteiger partial charge on any atom is 0.124 e. The molecule has 1 saturated heterocycles. The molecule has 1 aliphatic heterocycles. The van der Waals surface area contributed by atoms with E-state index in [-0.39, 0.29) is 0 Å². The molecule has 0 radical (unpaired) electrons. The van der Waals surface area contributed by atoms with Gasteiger partial charge < -0.3 is 10.1 Å². The Hall–Kier alpha value is -1.02. The van der Waals surface area contributed by atoms with Crippen molar-refractivity contribution in [2.45, 2.75) is 45.6 Å². The quantitative estimate of drug-likeness (QED) is 0.844. The van der Waals surface area contributed by atoms with Crippen molar-refractivity contribution in [3.63, 3.8) is 0 Å². The van der Waals surface area contributed by atoms with Crippen molar-refractivity contribution in [3.05, 3.63) is 28.8 Å². The van der Waals surface area contributed by atoms with E-state index in [9.17, 15) is 0 Å². The highest BCUT2D eigenvalue weighted by Crippen LogP contribution is 2.30. The standard InChI is InChI=1S/C15H23NO/c1-11-9-13(10-12(2)15(11)17-3)14-7-5-4-6-8-16-14/h9-10,14,16H,4-8H2,1-3H3/t14-/m1/s1. The van der Waals surface area contributed by atoms with Gasteiger partial charge in [0.05, 0.1) is 7.11 Å². The average molecular weight is 233 g/mol. The smallest absolute Gasteiger partial charge is 0.124 e. The SMILES string of the molecule is COc1c(C)cc([C@H]2CCCCCN2)cc1C. The Morgan fingerprint density at radius 2 is 1.82 bits per heavy atom. The van der Waals surface area contributed by atoms with E-state index in [2.05, 4.69) is 31.3 Å². The maximum atomic E-state index is 5.42. The lowest BCUT2D eigenvalue weighted by molar-refractivity contribution is 0.408. The molecular formula is C15H23NO. The van der Waals surface area contributed by atoms with Gasteiger partial charge in [-0.15, -0.1) is 0 Å². The first-order chi connectivity index (χ1) is 8.22. The summed E-state index contributed by atoms with van der Waals surface area (Å²) in [4.78, 5) is 0. The molecule has 0 unspecified atom stereocenters. The summed E-state index contributed by atoms with van der Waals surface area (Å²) in [5.41, 5.74) is 3.91. The van der Waals surface area contributed by atoms with Crippen LogP contribution in [0.4, 0.5) is 0 Å². The van der Waals surface area contributed by atoms with Crippen LogP contribution in [0.2, 0.25) is 0 Å². The van der Waals surface area contributed by atoms with Crippen LogP contribution in [-0.4, -0.2) is 13.7 Å². The lowest BCUT2D eigenvalue weighted by Gasteiger charge is -2.19. The van der Waals surface area contributed by atoms with Gasteiger partial charge >= 0.3 is 0 Å². The third-order valence-electron chi connectivity index (χ3n) is 3.65. The van der Waals surface area contributed by atoms with Crippen LogP contribution in [0.1, 0.15) is 48.4 Å². The number of hydrogen-bond acceptors (Lipinski definition) is 2. The average Bonchev–Trinajstić information content (AvgIpc) is 2.57. The Morgan fingerprint density at radius 1 is 1.12 bits per heavy atom. The molecule has 1 fully saturated rings. The number of hydrogen-bond donors (Lipinski definition) is 1. The minimum atomic E-state index is 0.529. The van der Waals surface area contributed by atoms with E-state index in [1.165, 1.54) is 42.4 Å². The maximum absolute atomic E-state index is 5.42. The second-order valence-electron chi connectivity index (χ2n) is 5.04. The molecule has 0 aliphatic carbocycles. The molecule has 0 bridgehead atoms. The van der Waals surface area contributed by atoms with Crippen molar-refractivity contribution in [2.24, 2.45) is 0 Å². The van der Waals surface area contributed by atoms with Gasteiger partial charge in [-0.25, -0.2) is 0 Å². The monoisotopic (exact) mass is 233 g/mol. The van der Waals surface area contributed by atoms with Gasteiger partial charge in [-0.2, -0.15) is 0 Å². The van der Waals surface area contributed by atoms with Gasteiger partial charge in [0.2, 0.25) is 0 Å². The van der Waals surface area contributed by atoms with Crippen LogP contribution in [0, 0.1) is 13.8 Å². The zero-order valence-electron chi connectivity index (χ0n) is 11.2. The van der Waals surface area contributed by atoms with E-state index in [1.54, 1.807) is 7.11 Å². The molecule has 1 aromatic carbocycles. The molecule has 94 valence electrons. The lowest BCUT2D eigenvalue weighted by Crippen LogP contribution is -2.20. The summed E-state index contributed by atoms with van der Waals surface area (Å²) in [6.45, 7) is 5.41. The fraction of sp³-hybridized carbons (Fsp3) is 0.600. The van der Waals surface area contributed by atoms with Gasteiger partial charge in [0, 0.05) is 6.04 Å². The van der Waals surface area contributed by atoms with Gasteiger partial charge in [-0.05, 0) is 49.9 Å². The largest absolute Gasteiger partial charge is 0.496 e. The highest BCUT2D eigenvalue weighted by atomic mass is 16.5. The molecule has 0 spiro atoms. The molecule has 1 heterocycles. The minimum Gasteiger partial charge on any atom is -0.496 e. The Balaban J connectivity index is 2.26. The molecule has 0 saturated carbocycles. The third kappa shape index (κ3) is 2.81. The van der Waals surface area contributed by atoms with E-state index in [0.29, 0.717) is 6.04 Å². The fourth-order valence-corrected chi connectivity index (χ4v) is 2.82. The zero-order valence-corrected chi connectivity index (χ0v) is 11.2. The van der Waals surface area contributed by atoms with Crippen molar-refractivity contribution in [1.82, 2.24) is 5.32 Å². The number of methoxy groups -OCH3 is 1. The topological polar surface area (TPSA) is 21.3 Å². The van der Waals surface area contributed by atoms with E-state index in [4.69, 9.17) is 4.74 Å². The molecule has 2 rings (SSSR count). The fourth-order valence-electron chi connectivity index (χ4n) is 2.82. The third-order valence-corrected chi connectivity index (χ3v) is 3.65. The van der Waals surface area contributed by atoms with E-state index >= 15 is 0 Å². The summed E-state index contributed by atoms with van der Waals surface area (Å²) in [6, 6.07) is 5.07. The normalized spacial score (nSPS) is 21.0. The number of ether oxygens (including phenoxy) is 1. The highest BCUT2D eigenvalue weighted by Gasteiger charge is 2.15. The molecule has 0 aromatic heterocycles. The van der Waals surface area contributed by atoms with Gasteiger partial charge in [-0.1, -0.05) is 25.0 Å². The first-order valence-corrected chi connectivity index (χ1v) is 6.61. The molecule has 0 amide bonds. The molecule has 2 nitrogen and oxygen atoms in total. The van der Waals surface area contributed by atoms with Crippen LogP contribution in [-0.2, 0) is 0 Å². The summed E-state index contributed by atoms with van der Waals surface area (Å²) in [7, 11) is 1.75. The van der Waals surface area contributed by atoms with Gasteiger partial charge in [0.1, 0.15) is 5.75 Å². The summed E-state index contributed by atoms with van der Waals surface area (Å²) >= 11 is 0. The van der Waals surface area contributed by atoms with Crippen LogP contribution in [0.15, 0.2) is 12.1 Å². The lowest BCUT2D eigenvalue weighted by atomic mass is 9.97. The van der Waals surface area contributed by atoms with Gasteiger partial charge in [0.15, 0.2) is 0 Å². The summed E-state index contributed by atoms with van der Waals surface area (Å²) < 4.78 is 5.42. The number of rotatable bonds is 2. The first kappa shape index (κ1) is 12.4. The molecule has 1 N–H and O–H groups in total. The highest BCUT2D eigenvalue weighted by molar-refractivity contribution is 5.44. The second kappa shape index (κ2) is 5.54. The molecule has 1 aromatic rings. The van der Waals surface area contributed by atoms with E-state index in [1.807, 2.05) is 0 Å². The Morgan fingerprint density at radius 3 is 2.47 bits per heavy atom. The van der Waals surface area contributed by atoms with Crippen LogP contribution in [0.5, 0.6) is 5.75 Å². The predicted molar refractivity (Wildman–Crippen MR) is 71.7 cm³/mol. The Kier molecular flexibility index (Phi) is 4.06. The molecule has 17 heavy (non-hydrogen) atoms. The van der Waals surface area contributed by atoms with Gasteiger partial charge in [-0.3, -0.25) is 0 Å². The van der Waals surface area contributed by atoms with Crippen molar-refractivity contribution in [3.8, 4) is 5.75 Å². The Bertz CT molecular complexity index is 356. The number of nitrogens with one attached hydrogen (secondary N) is 1. The predicted octanol–water partition coefficient (Wildman–Crippen LogP) is 3.52. The molecule has 1 atom stereocenters.